The summed E-state index contributed by atoms with van der Waals surface area (Å²) in [5, 5.41) is 4.52. The molecular weight excluding hydrogens is 616 g/mol. The van der Waals surface area contributed by atoms with Crippen molar-refractivity contribution in [2.75, 3.05) is 17.5 Å². The highest BCUT2D eigenvalue weighted by Gasteiger charge is 2.27. The van der Waals surface area contributed by atoms with Crippen molar-refractivity contribution in [2.24, 2.45) is 5.10 Å². The van der Waals surface area contributed by atoms with Crippen molar-refractivity contribution in [1.29, 1.82) is 0 Å². The zero-order valence-electron chi connectivity index (χ0n) is 22.1. The van der Waals surface area contributed by atoms with Crippen LogP contribution < -0.4 is 14.5 Å². The molecule has 1 heterocycles. The third-order valence-corrected chi connectivity index (χ3v) is 8.79. The van der Waals surface area contributed by atoms with Gasteiger partial charge in [0.05, 0.1) is 29.1 Å². The van der Waals surface area contributed by atoms with E-state index in [0.717, 1.165) is 31.4 Å². The maximum Gasteiger partial charge on any atom is 0.264 e. The van der Waals surface area contributed by atoms with Gasteiger partial charge in [0.1, 0.15) is 12.3 Å². The molecule has 208 valence electrons. The topological polar surface area (TPSA) is 93.0 Å². The largest absolute Gasteiger partial charge is 0.494 e. The number of hydrogen-bond acceptors (Lipinski definition) is 5. The second kappa shape index (κ2) is 12.7. The highest BCUT2D eigenvalue weighted by molar-refractivity contribution is 9.10. The molecule has 0 radical (unpaired) electrons. The molecule has 0 aliphatic rings. The number of ether oxygens (including phenoxy) is 1. The Morgan fingerprint density at radius 3 is 2.40 bits per heavy atom. The highest BCUT2D eigenvalue weighted by atomic mass is 79.9. The molecule has 1 N–H and O–H groups in total. The van der Waals surface area contributed by atoms with Crippen molar-refractivity contribution in [3.05, 3.63) is 105 Å². The Bertz CT molecular complexity index is 1640. The van der Waals surface area contributed by atoms with Gasteiger partial charge in [-0.2, -0.15) is 5.10 Å². The van der Waals surface area contributed by atoms with Crippen LogP contribution in [-0.4, -0.2) is 38.3 Å². The Labute approximate surface area is 247 Å². The Kier molecular flexibility index (Phi) is 9.34. The smallest absolute Gasteiger partial charge is 0.264 e. The van der Waals surface area contributed by atoms with Crippen molar-refractivity contribution in [3.63, 3.8) is 0 Å². The van der Waals surface area contributed by atoms with Gasteiger partial charge in [0, 0.05) is 26.4 Å². The standard InChI is InChI=1S/C29H28BrClN4O4S/c1-4-39-25-13-11-24(12-14-25)34(40(37,38)26-15-9-23(31)10-16-26)19-29(36)33-32-18-22-17-20(2)35(21(22)3)28-8-6-5-7-27(28)30/h5-18H,4,19H2,1-3H3,(H,33,36)/b32-18-. The molecule has 0 spiro atoms. The van der Waals surface area contributed by atoms with E-state index in [0.29, 0.717) is 23.1 Å². The summed E-state index contributed by atoms with van der Waals surface area (Å²) in [6, 6.07) is 22.1. The molecule has 0 bridgehead atoms. The first kappa shape index (κ1) is 29.4. The van der Waals surface area contributed by atoms with E-state index >= 15 is 0 Å². The summed E-state index contributed by atoms with van der Waals surface area (Å²) in [4.78, 5) is 13.0. The molecule has 4 aromatic rings. The number of para-hydroxylation sites is 1. The van der Waals surface area contributed by atoms with Gasteiger partial charge in [-0.25, -0.2) is 13.8 Å². The van der Waals surface area contributed by atoms with Crippen LogP contribution in [0.1, 0.15) is 23.9 Å². The quantitative estimate of drug-likeness (QED) is 0.163. The van der Waals surface area contributed by atoms with Gasteiger partial charge in [0.2, 0.25) is 0 Å². The molecule has 11 heteroatoms. The van der Waals surface area contributed by atoms with Crippen molar-refractivity contribution < 1.29 is 17.9 Å². The molecule has 0 fully saturated rings. The van der Waals surface area contributed by atoms with E-state index in [2.05, 4.69) is 31.0 Å². The Balaban J connectivity index is 1.56. The molecule has 0 saturated carbocycles. The van der Waals surface area contributed by atoms with Gasteiger partial charge in [-0.3, -0.25) is 9.10 Å². The van der Waals surface area contributed by atoms with Crippen LogP contribution in [0.25, 0.3) is 5.69 Å². The van der Waals surface area contributed by atoms with Gasteiger partial charge in [-0.1, -0.05) is 23.7 Å². The molecule has 1 amide bonds. The fraction of sp³-hybridized carbons (Fsp3) is 0.172. The SMILES string of the molecule is CCOc1ccc(N(CC(=O)N/N=C\c2cc(C)n(-c3ccccc3Br)c2C)S(=O)(=O)c2ccc(Cl)cc2)cc1. The molecule has 0 aliphatic carbocycles. The fourth-order valence-corrected chi connectivity index (χ4v) is 6.19. The third-order valence-electron chi connectivity index (χ3n) is 6.08. The number of hydrazone groups is 1. The number of carbonyl (C=O) groups is 1. The van der Waals surface area contributed by atoms with Crippen LogP contribution in [0.4, 0.5) is 5.69 Å². The number of nitrogens with one attached hydrogen (secondary N) is 1. The summed E-state index contributed by atoms with van der Waals surface area (Å²) in [6.45, 7) is 5.78. The first-order chi connectivity index (χ1) is 19.1. The van der Waals surface area contributed by atoms with Gasteiger partial charge < -0.3 is 9.30 Å². The van der Waals surface area contributed by atoms with E-state index in [4.69, 9.17) is 16.3 Å². The number of aromatic nitrogens is 1. The number of aryl methyl sites for hydroxylation is 1. The maximum atomic E-state index is 13.6. The summed E-state index contributed by atoms with van der Waals surface area (Å²) < 4.78 is 36.6. The van der Waals surface area contributed by atoms with Crippen LogP contribution in [0.3, 0.4) is 0 Å². The summed E-state index contributed by atoms with van der Waals surface area (Å²) >= 11 is 9.55. The van der Waals surface area contributed by atoms with Crippen LogP contribution in [-0.2, 0) is 14.8 Å². The van der Waals surface area contributed by atoms with E-state index < -0.39 is 22.5 Å². The average molecular weight is 644 g/mol. The number of halogens is 2. The molecule has 0 unspecified atom stereocenters. The summed E-state index contributed by atoms with van der Waals surface area (Å²) in [5.74, 6) is -0.0217. The highest BCUT2D eigenvalue weighted by Crippen LogP contribution is 2.28. The lowest BCUT2D eigenvalue weighted by Crippen LogP contribution is -2.39. The van der Waals surface area contributed by atoms with Gasteiger partial charge in [0.25, 0.3) is 15.9 Å². The van der Waals surface area contributed by atoms with Gasteiger partial charge in [-0.15, -0.1) is 0 Å². The van der Waals surface area contributed by atoms with E-state index in [1.165, 1.54) is 24.3 Å². The Morgan fingerprint density at radius 2 is 1.75 bits per heavy atom. The molecule has 0 saturated heterocycles. The maximum absolute atomic E-state index is 13.6. The first-order valence-electron chi connectivity index (χ1n) is 12.4. The van der Waals surface area contributed by atoms with Gasteiger partial charge >= 0.3 is 0 Å². The van der Waals surface area contributed by atoms with Crippen LogP contribution >= 0.6 is 27.5 Å². The van der Waals surface area contributed by atoms with E-state index in [9.17, 15) is 13.2 Å². The fourth-order valence-electron chi connectivity index (χ4n) is 4.19. The molecule has 4 rings (SSSR count). The Hall–Kier alpha value is -3.60. The summed E-state index contributed by atoms with van der Waals surface area (Å²) in [5.41, 5.74) is 6.49. The van der Waals surface area contributed by atoms with Crippen molar-refractivity contribution in [1.82, 2.24) is 9.99 Å². The predicted molar refractivity (Wildman–Crippen MR) is 162 cm³/mol. The number of amides is 1. The lowest BCUT2D eigenvalue weighted by molar-refractivity contribution is -0.119. The number of rotatable bonds is 10. The first-order valence-corrected chi connectivity index (χ1v) is 15.0. The lowest BCUT2D eigenvalue weighted by atomic mass is 10.2. The number of nitrogens with zero attached hydrogens (tertiary/aromatic N) is 3. The summed E-state index contributed by atoms with van der Waals surface area (Å²) in [6.07, 6.45) is 1.54. The molecular formula is C29H28BrClN4O4S. The second-order valence-electron chi connectivity index (χ2n) is 8.80. The number of hydrogen-bond donors (Lipinski definition) is 1. The number of sulfonamides is 1. The van der Waals surface area contributed by atoms with Crippen LogP contribution in [0, 0.1) is 13.8 Å². The number of carbonyl (C=O) groups excluding carboxylic acids is 1. The number of anilines is 1. The molecule has 8 nitrogen and oxygen atoms in total. The zero-order chi connectivity index (χ0) is 28.9. The van der Waals surface area contributed by atoms with Crippen molar-refractivity contribution >= 4 is 55.4 Å². The Morgan fingerprint density at radius 1 is 1.07 bits per heavy atom. The predicted octanol–water partition coefficient (Wildman–Crippen LogP) is 6.25. The van der Waals surface area contributed by atoms with E-state index in [1.807, 2.05) is 51.1 Å². The number of benzene rings is 3. The van der Waals surface area contributed by atoms with Crippen molar-refractivity contribution in [3.8, 4) is 11.4 Å². The van der Waals surface area contributed by atoms with Crippen LogP contribution in [0.5, 0.6) is 5.75 Å². The third kappa shape index (κ3) is 6.57. The molecule has 1 aromatic heterocycles. The molecule has 3 aromatic carbocycles. The monoisotopic (exact) mass is 642 g/mol. The average Bonchev–Trinajstić information content (AvgIpc) is 3.21. The van der Waals surface area contributed by atoms with Gasteiger partial charge in [0.15, 0.2) is 0 Å². The minimum Gasteiger partial charge on any atom is -0.494 e. The minimum absolute atomic E-state index is 0.00148. The lowest BCUT2D eigenvalue weighted by Gasteiger charge is -2.24. The normalized spacial score (nSPS) is 11.5. The zero-order valence-corrected chi connectivity index (χ0v) is 25.3. The van der Waals surface area contributed by atoms with E-state index in [1.54, 1.807) is 30.5 Å². The van der Waals surface area contributed by atoms with Crippen LogP contribution in [0.2, 0.25) is 5.02 Å². The molecule has 40 heavy (non-hydrogen) atoms. The van der Waals surface area contributed by atoms with Crippen molar-refractivity contribution in [2.45, 2.75) is 25.7 Å². The van der Waals surface area contributed by atoms with Gasteiger partial charge in [-0.05, 0) is 103 Å². The second-order valence-corrected chi connectivity index (χ2v) is 12.0. The van der Waals surface area contributed by atoms with Crippen LogP contribution in [0.15, 0.2) is 93.3 Å². The van der Waals surface area contributed by atoms with E-state index in [-0.39, 0.29) is 4.90 Å². The summed E-state index contributed by atoms with van der Waals surface area (Å²) in [7, 11) is -4.10. The minimum atomic E-state index is -4.10. The molecule has 0 atom stereocenters. The molecule has 0 aliphatic heterocycles.